The van der Waals surface area contributed by atoms with Gasteiger partial charge in [-0.15, -0.1) is 0 Å². The van der Waals surface area contributed by atoms with E-state index in [0.717, 1.165) is 12.2 Å². The van der Waals surface area contributed by atoms with Crippen LogP contribution in [-0.4, -0.2) is 14.7 Å². The fraction of sp³-hybridized carbons (Fsp3) is 0.769. The van der Waals surface area contributed by atoms with Crippen LogP contribution in [0.25, 0.3) is 0 Å². The molecule has 1 rings (SSSR count). The number of imidazole rings is 1. The van der Waals surface area contributed by atoms with Crippen molar-refractivity contribution in [3.05, 3.63) is 16.7 Å². The lowest BCUT2D eigenvalue weighted by Crippen LogP contribution is -2.21. The first-order valence-corrected chi connectivity index (χ1v) is 6.79. The fourth-order valence-electron chi connectivity index (χ4n) is 2.10. The Labute approximate surface area is 109 Å². The standard InChI is InChI=1S/C13H24N2OS/c1-4-5-6-7-13(2,3)10-15-11(9-16)8-14-12(15)17/h8,16H,4-7,9-10H2,1-3H3,(H,14,17). The number of hydrogen-bond acceptors (Lipinski definition) is 2. The van der Waals surface area contributed by atoms with Crippen LogP contribution in [0.4, 0.5) is 0 Å². The van der Waals surface area contributed by atoms with Crippen molar-refractivity contribution in [2.24, 2.45) is 5.41 Å². The van der Waals surface area contributed by atoms with Gasteiger partial charge in [0.05, 0.1) is 12.3 Å². The number of unbranched alkanes of at least 4 members (excludes halogenated alkanes) is 2. The second-order valence-corrected chi connectivity index (χ2v) is 5.84. The molecule has 0 aliphatic rings. The average Bonchev–Trinajstić information content (AvgIpc) is 2.60. The van der Waals surface area contributed by atoms with E-state index in [0.29, 0.717) is 4.77 Å². The Hall–Kier alpha value is -0.610. The summed E-state index contributed by atoms with van der Waals surface area (Å²) in [5.41, 5.74) is 1.10. The number of H-pyrrole nitrogens is 1. The van der Waals surface area contributed by atoms with Crippen LogP contribution < -0.4 is 0 Å². The molecule has 0 spiro atoms. The van der Waals surface area contributed by atoms with Gasteiger partial charge in [0.1, 0.15) is 0 Å². The SMILES string of the molecule is CCCCCC(C)(C)Cn1c(CO)c[nH]c1=S. The molecule has 98 valence electrons. The van der Waals surface area contributed by atoms with Crippen molar-refractivity contribution in [1.82, 2.24) is 9.55 Å². The third-order valence-corrected chi connectivity index (χ3v) is 3.50. The number of nitrogens with one attached hydrogen (secondary N) is 1. The van der Waals surface area contributed by atoms with Gasteiger partial charge in [0, 0.05) is 12.7 Å². The van der Waals surface area contributed by atoms with Crippen molar-refractivity contribution >= 4 is 12.2 Å². The predicted octanol–water partition coefficient (Wildman–Crippen LogP) is 3.64. The molecule has 1 aromatic rings. The van der Waals surface area contributed by atoms with Crippen LogP contribution in [0.3, 0.4) is 0 Å². The highest BCUT2D eigenvalue weighted by molar-refractivity contribution is 7.71. The number of hydrogen-bond donors (Lipinski definition) is 2. The maximum absolute atomic E-state index is 9.26. The van der Waals surface area contributed by atoms with Gasteiger partial charge in [-0.3, -0.25) is 0 Å². The Morgan fingerprint density at radius 1 is 1.41 bits per heavy atom. The zero-order valence-corrected chi connectivity index (χ0v) is 11.9. The molecular formula is C13H24N2OS. The lowest BCUT2D eigenvalue weighted by atomic mass is 9.86. The topological polar surface area (TPSA) is 41.0 Å². The number of nitrogens with zero attached hydrogens (tertiary/aromatic N) is 1. The van der Waals surface area contributed by atoms with Gasteiger partial charge >= 0.3 is 0 Å². The van der Waals surface area contributed by atoms with Crippen molar-refractivity contribution in [3.8, 4) is 0 Å². The van der Waals surface area contributed by atoms with E-state index in [9.17, 15) is 5.11 Å². The molecule has 0 fully saturated rings. The quantitative estimate of drug-likeness (QED) is 0.577. The highest BCUT2D eigenvalue weighted by atomic mass is 32.1. The predicted molar refractivity (Wildman–Crippen MR) is 73.5 cm³/mol. The van der Waals surface area contributed by atoms with Crippen LogP contribution in [-0.2, 0) is 13.2 Å². The lowest BCUT2D eigenvalue weighted by molar-refractivity contribution is 0.239. The van der Waals surface area contributed by atoms with Gasteiger partial charge in [-0.1, -0.05) is 40.0 Å². The third kappa shape index (κ3) is 4.28. The average molecular weight is 256 g/mol. The zero-order valence-electron chi connectivity index (χ0n) is 11.1. The smallest absolute Gasteiger partial charge is 0.177 e. The van der Waals surface area contributed by atoms with E-state index in [4.69, 9.17) is 12.2 Å². The zero-order chi connectivity index (χ0) is 12.9. The first kappa shape index (κ1) is 14.5. The molecule has 0 saturated heterocycles. The Bertz CT molecular complexity index is 392. The number of aliphatic hydroxyl groups is 1. The van der Waals surface area contributed by atoms with Crippen LogP contribution in [0.5, 0.6) is 0 Å². The maximum atomic E-state index is 9.26. The summed E-state index contributed by atoms with van der Waals surface area (Å²) in [5, 5.41) is 9.26. The van der Waals surface area contributed by atoms with Crippen molar-refractivity contribution in [2.75, 3.05) is 0 Å². The van der Waals surface area contributed by atoms with Gasteiger partial charge in [-0.05, 0) is 24.1 Å². The molecule has 0 bridgehead atoms. The van der Waals surface area contributed by atoms with E-state index in [1.165, 1.54) is 25.7 Å². The molecule has 1 heterocycles. The lowest BCUT2D eigenvalue weighted by Gasteiger charge is -2.26. The second-order valence-electron chi connectivity index (χ2n) is 5.45. The highest BCUT2D eigenvalue weighted by Crippen LogP contribution is 2.26. The monoisotopic (exact) mass is 256 g/mol. The molecule has 0 unspecified atom stereocenters. The summed E-state index contributed by atoms with van der Waals surface area (Å²) < 4.78 is 2.72. The number of aromatic amines is 1. The number of aromatic nitrogens is 2. The van der Waals surface area contributed by atoms with Crippen LogP contribution in [0.2, 0.25) is 0 Å². The van der Waals surface area contributed by atoms with E-state index in [1.807, 2.05) is 4.57 Å². The van der Waals surface area contributed by atoms with Crippen molar-refractivity contribution in [1.29, 1.82) is 0 Å². The van der Waals surface area contributed by atoms with Gasteiger partial charge < -0.3 is 14.7 Å². The molecule has 0 amide bonds. The van der Waals surface area contributed by atoms with Gasteiger partial charge in [-0.25, -0.2) is 0 Å². The molecule has 0 saturated carbocycles. The molecule has 0 aromatic carbocycles. The summed E-state index contributed by atoms with van der Waals surface area (Å²) in [6.45, 7) is 7.66. The molecule has 3 nitrogen and oxygen atoms in total. The summed E-state index contributed by atoms with van der Waals surface area (Å²) in [5.74, 6) is 0. The van der Waals surface area contributed by atoms with Crippen LogP contribution in [0, 0.1) is 10.2 Å². The maximum Gasteiger partial charge on any atom is 0.177 e. The van der Waals surface area contributed by atoms with Gasteiger partial charge in [0.15, 0.2) is 4.77 Å². The Morgan fingerprint density at radius 3 is 2.71 bits per heavy atom. The Balaban J connectivity index is 2.68. The minimum Gasteiger partial charge on any atom is -0.390 e. The molecule has 17 heavy (non-hydrogen) atoms. The third-order valence-electron chi connectivity index (χ3n) is 3.16. The molecule has 0 aliphatic carbocycles. The van der Waals surface area contributed by atoms with Crippen molar-refractivity contribution < 1.29 is 5.11 Å². The molecule has 2 N–H and O–H groups in total. The van der Waals surface area contributed by atoms with E-state index >= 15 is 0 Å². The second kappa shape index (κ2) is 6.36. The summed E-state index contributed by atoms with van der Waals surface area (Å²) in [4.78, 5) is 3.00. The summed E-state index contributed by atoms with van der Waals surface area (Å²) >= 11 is 5.24. The molecule has 0 aliphatic heterocycles. The number of rotatable bonds is 7. The molecule has 0 atom stereocenters. The van der Waals surface area contributed by atoms with Gasteiger partial charge in [0.25, 0.3) is 0 Å². The van der Waals surface area contributed by atoms with E-state index in [-0.39, 0.29) is 12.0 Å². The largest absolute Gasteiger partial charge is 0.390 e. The normalized spacial score (nSPS) is 12.0. The van der Waals surface area contributed by atoms with Crippen LogP contribution in [0.1, 0.15) is 52.1 Å². The first-order valence-electron chi connectivity index (χ1n) is 6.38. The van der Waals surface area contributed by atoms with Gasteiger partial charge in [-0.2, -0.15) is 0 Å². The molecular weight excluding hydrogens is 232 g/mol. The highest BCUT2D eigenvalue weighted by Gasteiger charge is 2.19. The van der Waals surface area contributed by atoms with Crippen molar-refractivity contribution in [3.63, 3.8) is 0 Å². The minimum absolute atomic E-state index is 0.0399. The summed E-state index contributed by atoms with van der Waals surface area (Å²) in [7, 11) is 0. The Morgan fingerprint density at radius 2 is 2.12 bits per heavy atom. The number of aliphatic hydroxyl groups excluding tert-OH is 1. The molecule has 0 radical (unpaired) electrons. The van der Waals surface area contributed by atoms with Crippen LogP contribution in [0.15, 0.2) is 6.20 Å². The first-order chi connectivity index (χ1) is 8.00. The van der Waals surface area contributed by atoms with Crippen molar-refractivity contribution in [2.45, 2.75) is 59.6 Å². The fourth-order valence-corrected chi connectivity index (χ4v) is 2.34. The minimum atomic E-state index is 0.0399. The summed E-state index contributed by atoms with van der Waals surface area (Å²) in [6.07, 6.45) is 6.79. The van der Waals surface area contributed by atoms with E-state index in [1.54, 1.807) is 6.20 Å². The van der Waals surface area contributed by atoms with E-state index in [2.05, 4.69) is 25.8 Å². The van der Waals surface area contributed by atoms with Crippen LogP contribution >= 0.6 is 12.2 Å². The summed E-state index contributed by atoms with van der Waals surface area (Å²) in [6, 6.07) is 0. The Kier molecular flexibility index (Phi) is 5.40. The van der Waals surface area contributed by atoms with Gasteiger partial charge in [0.2, 0.25) is 0 Å². The van der Waals surface area contributed by atoms with E-state index < -0.39 is 0 Å². The molecule has 4 heteroatoms. The molecule has 1 aromatic heterocycles.